The van der Waals surface area contributed by atoms with Crippen molar-refractivity contribution in [1.82, 2.24) is 5.32 Å². The van der Waals surface area contributed by atoms with E-state index in [-0.39, 0.29) is 11.9 Å². The van der Waals surface area contributed by atoms with Crippen LogP contribution in [-0.2, 0) is 0 Å². The van der Waals surface area contributed by atoms with Gasteiger partial charge in [-0.05, 0) is 68.5 Å². The normalized spacial score (nSPS) is 12.0. The second kappa shape index (κ2) is 6.78. The molecule has 0 aliphatic carbocycles. The molecule has 0 fully saturated rings. The van der Waals surface area contributed by atoms with Gasteiger partial charge in [0.2, 0.25) is 0 Å². The Bertz CT molecular complexity index is 688. The van der Waals surface area contributed by atoms with Crippen molar-refractivity contribution in [3.8, 4) is 0 Å². The number of amides is 1. The topological polar surface area (TPSA) is 29.1 Å². The maximum atomic E-state index is 12.5. The minimum atomic E-state index is -0.00470. The molecule has 1 amide bonds. The van der Waals surface area contributed by atoms with Crippen molar-refractivity contribution in [3.63, 3.8) is 0 Å². The first-order chi connectivity index (χ1) is 10.4. The van der Waals surface area contributed by atoms with E-state index >= 15 is 0 Å². The minimum Gasteiger partial charge on any atom is -0.345 e. The standard InChI is InChI=1S/C20H25NO/c1-6-19(18-10-7-13(2)11-16(18)5)21-20(22)17-9-8-14(3)15(4)12-17/h7-12,19H,6H2,1-5H3,(H,21,22)/t19-/m1/s1. The highest BCUT2D eigenvalue weighted by atomic mass is 16.1. The fraction of sp³-hybridized carbons (Fsp3) is 0.350. The third-order valence-corrected chi connectivity index (χ3v) is 4.28. The van der Waals surface area contributed by atoms with Crippen LogP contribution < -0.4 is 5.32 Å². The van der Waals surface area contributed by atoms with E-state index in [4.69, 9.17) is 0 Å². The predicted molar refractivity (Wildman–Crippen MR) is 92.3 cm³/mol. The number of benzene rings is 2. The zero-order valence-corrected chi connectivity index (χ0v) is 14.2. The van der Waals surface area contributed by atoms with E-state index in [1.54, 1.807) is 0 Å². The number of carbonyl (C=O) groups is 1. The quantitative estimate of drug-likeness (QED) is 0.862. The molecule has 2 aromatic rings. The highest BCUT2D eigenvalue weighted by molar-refractivity contribution is 5.94. The van der Waals surface area contributed by atoms with E-state index in [2.05, 4.69) is 51.2 Å². The number of hydrogen-bond acceptors (Lipinski definition) is 1. The molecule has 0 saturated carbocycles. The molecule has 0 radical (unpaired) electrons. The number of aryl methyl sites for hydroxylation is 4. The minimum absolute atomic E-state index is 0.00470. The Hall–Kier alpha value is -2.09. The van der Waals surface area contributed by atoms with Gasteiger partial charge in [-0.15, -0.1) is 0 Å². The van der Waals surface area contributed by atoms with E-state index < -0.39 is 0 Å². The van der Waals surface area contributed by atoms with Gasteiger partial charge >= 0.3 is 0 Å². The van der Waals surface area contributed by atoms with Crippen molar-refractivity contribution in [1.29, 1.82) is 0 Å². The molecule has 2 nitrogen and oxygen atoms in total. The molecule has 0 unspecified atom stereocenters. The molecule has 0 aliphatic rings. The van der Waals surface area contributed by atoms with Gasteiger partial charge < -0.3 is 5.32 Å². The number of nitrogens with one attached hydrogen (secondary N) is 1. The lowest BCUT2D eigenvalue weighted by molar-refractivity contribution is 0.0935. The first kappa shape index (κ1) is 16.3. The van der Waals surface area contributed by atoms with Gasteiger partial charge in [0.25, 0.3) is 5.91 Å². The molecule has 2 heteroatoms. The van der Waals surface area contributed by atoms with E-state index in [9.17, 15) is 4.79 Å². The fourth-order valence-corrected chi connectivity index (χ4v) is 2.74. The summed E-state index contributed by atoms with van der Waals surface area (Å²) in [5.74, 6) is -0.00470. The summed E-state index contributed by atoms with van der Waals surface area (Å²) in [4.78, 5) is 12.5. The highest BCUT2D eigenvalue weighted by Gasteiger charge is 2.16. The largest absolute Gasteiger partial charge is 0.345 e. The lowest BCUT2D eigenvalue weighted by atomic mass is 9.97. The molecule has 22 heavy (non-hydrogen) atoms. The Morgan fingerprint density at radius 1 is 0.955 bits per heavy atom. The van der Waals surface area contributed by atoms with Gasteiger partial charge in [-0.25, -0.2) is 0 Å². The fourth-order valence-electron chi connectivity index (χ4n) is 2.74. The number of hydrogen-bond donors (Lipinski definition) is 1. The summed E-state index contributed by atoms with van der Waals surface area (Å²) < 4.78 is 0. The van der Waals surface area contributed by atoms with Crippen molar-refractivity contribution in [2.24, 2.45) is 0 Å². The Balaban J connectivity index is 2.22. The van der Waals surface area contributed by atoms with Crippen LogP contribution in [0.2, 0.25) is 0 Å². The Kier molecular flexibility index (Phi) is 5.02. The molecule has 1 N–H and O–H groups in total. The molecule has 0 spiro atoms. The monoisotopic (exact) mass is 295 g/mol. The van der Waals surface area contributed by atoms with Crippen LogP contribution >= 0.6 is 0 Å². The highest BCUT2D eigenvalue weighted by Crippen LogP contribution is 2.22. The van der Waals surface area contributed by atoms with Crippen molar-refractivity contribution < 1.29 is 4.79 Å². The molecule has 0 aliphatic heterocycles. The maximum Gasteiger partial charge on any atom is 0.251 e. The SMILES string of the molecule is CC[C@@H](NC(=O)c1ccc(C)c(C)c1)c1ccc(C)cc1C. The van der Waals surface area contributed by atoms with E-state index in [0.29, 0.717) is 0 Å². The van der Waals surface area contributed by atoms with Crippen molar-refractivity contribution in [2.75, 3.05) is 0 Å². The Labute approximate surface area is 133 Å². The Morgan fingerprint density at radius 3 is 2.27 bits per heavy atom. The van der Waals surface area contributed by atoms with Gasteiger partial charge in [-0.1, -0.05) is 36.8 Å². The van der Waals surface area contributed by atoms with Gasteiger partial charge in [-0.2, -0.15) is 0 Å². The first-order valence-electron chi connectivity index (χ1n) is 7.87. The summed E-state index contributed by atoms with van der Waals surface area (Å²) in [6.07, 6.45) is 0.875. The van der Waals surface area contributed by atoms with Crippen LogP contribution in [0.1, 0.15) is 57.6 Å². The molecule has 0 aromatic heterocycles. The average molecular weight is 295 g/mol. The van der Waals surface area contributed by atoms with Gasteiger partial charge in [0, 0.05) is 5.56 Å². The lowest BCUT2D eigenvalue weighted by Gasteiger charge is -2.20. The second-order valence-corrected chi connectivity index (χ2v) is 6.09. The summed E-state index contributed by atoms with van der Waals surface area (Å²) >= 11 is 0. The van der Waals surface area contributed by atoms with Gasteiger partial charge in [0.05, 0.1) is 6.04 Å². The van der Waals surface area contributed by atoms with Gasteiger partial charge in [-0.3, -0.25) is 4.79 Å². The molecular formula is C20H25NO. The molecule has 2 aromatic carbocycles. The maximum absolute atomic E-state index is 12.5. The van der Waals surface area contributed by atoms with Crippen LogP contribution in [-0.4, -0.2) is 5.91 Å². The summed E-state index contributed by atoms with van der Waals surface area (Å²) in [7, 11) is 0. The van der Waals surface area contributed by atoms with Gasteiger partial charge in [0.1, 0.15) is 0 Å². The van der Waals surface area contributed by atoms with Crippen molar-refractivity contribution in [3.05, 3.63) is 69.8 Å². The molecule has 116 valence electrons. The van der Waals surface area contributed by atoms with Crippen LogP contribution in [0.3, 0.4) is 0 Å². The van der Waals surface area contributed by atoms with Crippen LogP contribution in [0.5, 0.6) is 0 Å². The van der Waals surface area contributed by atoms with E-state index in [1.165, 1.54) is 22.3 Å². The van der Waals surface area contributed by atoms with Crippen molar-refractivity contribution in [2.45, 2.75) is 47.1 Å². The molecule has 0 saturated heterocycles. The first-order valence-corrected chi connectivity index (χ1v) is 7.87. The summed E-state index contributed by atoms with van der Waals surface area (Å²) in [6, 6.07) is 12.3. The summed E-state index contributed by atoms with van der Waals surface area (Å²) in [6.45, 7) is 10.4. The van der Waals surface area contributed by atoms with Crippen molar-refractivity contribution >= 4 is 5.91 Å². The molecule has 0 bridgehead atoms. The van der Waals surface area contributed by atoms with Crippen LogP contribution in [0.25, 0.3) is 0 Å². The third kappa shape index (κ3) is 3.56. The number of rotatable bonds is 4. The predicted octanol–water partition coefficient (Wildman–Crippen LogP) is 4.80. The van der Waals surface area contributed by atoms with E-state index in [1.807, 2.05) is 25.1 Å². The third-order valence-electron chi connectivity index (χ3n) is 4.28. The average Bonchev–Trinajstić information content (AvgIpc) is 2.48. The molecule has 1 atom stereocenters. The molecule has 0 heterocycles. The lowest BCUT2D eigenvalue weighted by Crippen LogP contribution is -2.28. The van der Waals surface area contributed by atoms with Gasteiger partial charge in [0.15, 0.2) is 0 Å². The van der Waals surface area contributed by atoms with Crippen LogP contribution in [0.4, 0.5) is 0 Å². The summed E-state index contributed by atoms with van der Waals surface area (Å²) in [5, 5.41) is 3.17. The smallest absolute Gasteiger partial charge is 0.251 e. The zero-order chi connectivity index (χ0) is 16.3. The van der Waals surface area contributed by atoms with Crippen LogP contribution in [0.15, 0.2) is 36.4 Å². The molecular weight excluding hydrogens is 270 g/mol. The van der Waals surface area contributed by atoms with Crippen LogP contribution in [0, 0.1) is 27.7 Å². The van der Waals surface area contributed by atoms with E-state index in [0.717, 1.165) is 17.5 Å². The number of carbonyl (C=O) groups excluding carboxylic acids is 1. The Morgan fingerprint density at radius 2 is 1.68 bits per heavy atom. The molecule has 2 rings (SSSR count). The summed E-state index contributed by atoms with van der Waals surface area (Å²) in [5.41, 5.74) is 6.76. The second-order valence-electron chi connectivity index (χ2n) is 6.09. The zero-order valence-electron chi connectivity index (χ0n) is 14.2.